The summed E-state index contributed by atoms with van der Waals surface area (Å²) in [5.74, 6) is -0.350. The van der Waals surface area contributed by atoms with Gasteiger partial charge in [0.1, 0.15) is 16.4 Å². The second kappa shape index (κ2) is 11.5. The molecule has 0 saturated carbocycles. The summed E-state index contributed by atoms with van der Waals surface area (Å²) in [6, 6.07) is 8.03. The predicted octanol–water partition coefficient (Wildman–Crippen LogP) is 4.06. The number of hydrogen-bond acceptors (Lipinski definition) is 4. The first-order valence-electron chi connectivity index (χ1n) is 9.45. The zero-order valence-electron chi connectivity index (χ0n) is 18.4. The van der Waals surface area contributed by atoms with Crippen LogP contribution in [0, 0.1) is 0 Å². The maximum Gasteiger partial charge on any atom is 1.00 e. The van der Waals surface area contributed by atoms with Gasteiger partial charge >= 0.3 is 47.9 Å². The van der Waals surface area contributed by atoms with Crippen molar-refractivity contribution in [3.8, 4) is 11.5 Å². The number of alkyl halides is 6. The van der Waals surface area contributed by atoms with Crippen LogP contribution in [0.1, 0.15) is 11.1 Å². The van der Waals surface area contributed by atoms with Crippen LogP contribution in [0.2, 0.25) is 5.02 Å². The van der Waals surface area contributed by atoms with E-state index in [1.807, 2.05) is 5.32 Å². The van der Waals surface area contributed by atoms with Crippen molar-refractivity contribution >= 4 is 39.1 Å². The van der Waals surface area contributed by atoms with Gasteiger partial charge in [0.2, 0.25) is 0 Å². The molecule has 16 heteroatoms. The Bertz CT molecular complexity index is 1390. The molecule has 37 heavy (non-hydrogen) atoms. The van der Waals surface area contributed by atoms with E-state index in [2.05, 4.69) is 5.32 Å². The molecular formula is C21H13ClF6N2NaO5S+. The summed E-state index contributed by atoms with van der Waals surface area (Å²) in [5.41, 5.74) is -4.43. The number of rotatable bonds is 5. The second-order valence-corrected chi connectivity index (χ2v) is 8.84. The van der Waals surface area contributed by atoms with E-state index in [0.29, 0.717) is 12.1 Å². The molecule has 7 nitrogen and oxygen atoms in total. The van der Waals surface area contributed by atoms with E-state index in [4.69, 9.17) is 16.3 Å². The Morgan fingerprint density at radius 3 is 1.86 bits per heavy atom. The summed E-state index contributed by atoms with van der Waals surface area (Å²) >= 11 is 5.95. The molecule has 0 fully saturated rings. The van der Waals surface area contributed by atoms with Gasteiger partial charge in [0, 0.05) is 11.4 Å². The average Bonchev–Trinajstić information content (AvgIpc) is 2.74. The quantitative estimate of drug-likeness (QED) is 0.241. The summed E-state index contributed by atoms with van der Waals surface area (Å²) in [6.07, 6.45) is -10.3. The van der Waals surface area contributed by atoms with E-state index in [9.17, 15) is 44.1 Å². The third-order valence-corrected chi connectivity index (χ3v) is 5.57. The number of amides is 2. The van der Waals surface area contributed by atoms with E-state index in [-0.39, 0.29) is 57.8 Å². The van der Waals surface area contributed by atoms with Crippen molar-refractivity contribution in [3.63, 3.8) is 0 Å². The molecule has 192 valence electrons. The van der Waals surface area contributed by atoms with Crippen LogP contribution in [-0.2, 0) is 22.5 Å². The van der Waals surface area contributed by atoms with Crippen LogP contribution in [-0.4, -0.2) is 19.0 Å². The molecule has 0 heterocycles. The maximum atomic E-state index is 13.0. The van der Waals surface area contributed by atoms with Crippen molar-refractivity contribution < 1.29 is 78.4 Å². The Morgan fingerprint density at radius 1 is 0.811 bits per heavy atom. The summed E-state index contributed by atoms with van der Waals surface area (Å²) in [5, 5.41) is 3.99. The van der Waals surface area contributed by atoms with E-state index >= 15 is 0 Å². The van der Waals surface area contributed by atoms with Crippen LogP contribution in [0.5, 0.6) is 11.5 Å². The van der Waals surface area contributed by atoms with E-state index < -0.39 is 50.2 Å². The molecule has 0 saturated heterocycles. The molecule has 0 aliphatic rings. The minimum atomic E-state index is -5.13. The molecule has 3 aromatic carbocycles. The fourth-order valence-electron chi connectivity index (χ4n) is 2.84. The van der Waals surface area contributed by atoms with Gasteiger partial charge in [-0.25, -0.2) is 4.79 Å². The predicted molar refractivity (Wildman–Crippen MR) is 117 cm³/mol. The fraction of sp³-hybridized carbons (Fsp3) is 0.0952. The Hall–Kier alpha value is -2.49. The van der Waals surface area contributed by atoms with Gasteiger partial charge in [-0.3, -0.25) is 4.55 Å². The van der Waals surface area contributed by atoms with Crippen molar-refractivity contribution in [1.29, 1.82) is 0 Å². The summed E-state index contributed by atoms with van der Waals surface area (Å²) in [6.45, 7) is 0. The fourth-order valence-corrected chi connectivity index (χ4v) is 3.65. The van der Waals surface area contributed by atoms with Crippen LogP contribution < -0.4 is 44.9 Å². The third kappa shape index (κ3) is 8.25. The average molecular weight is 578 g/mol. The SMILES string of the molecule is O=C(Nc1cc(C(F)(F)F)cc(C(F)(F)F)c1)Nc1ccc(Oc2ccccc2Cl)c(S(=O)(=O)O)c1.[Na+]. The standard InChI is InChI=1S/C21H13ClF6N2O5S.Na/c22-15-3-1-2-4-16(15)35-17-6-5-13(10-18(17)36(32,33)34)29-19(31)30-14-8-11(20(23,24)25)7-12(9-14)21(26,27)28;/h1-10H,(H2,29,30,31)(H,32,33,34);/q;+1. The van der Waals surface area contributed by atoms with Crippen molar-refractivity contribution in [1.82, 2.24) is 0 Å². The Labute approximate surface area is 232 Å². The molecule has 3 aromatic rings. The molecule has 2 amide bonds. The zero-order chi connectivity index (χ0) is 26.9. The number of anilines is 2. The number of hydrogen-bond donors (Lipinski definition) is 3. The first kappa shape index (κ1) is 30.7. The maximum absolute atomic E-state index is 13.0. The van der Waals surface area contributed by atoms with Crippen molar-refractivity contribution in [2.24, 2.45) is 0 Å². The Balaban J connectivity index is 0.00000481. The number of carbonyl (C=O) groups is 1. The largest absolute Gasteiger partial charge is 1.00 e. The molecule has 0 atom stereocenters. The number of para-hydroxylation sites is 1. The molecule has 3 N–H and O–H groups in total. The smallest absolute Gasteiger partial charge is 0.454 e. The topological polar surface area (TPSA) is 105 Å². The number of benzene rings is 3. The third-order valence-electron chi connectivity index (χ3n) is 4.38. The molecular weight excluding hydrogens is 565 g/mol. The minimum Gasteiger partial charge on any atom is -0.454 e. The number of ether oxygens (including phenoxy) is 1. The van der Waals surface area contributed by atoms with Crippen molar-refractivity contribution in [2.75, 3.05) is 10.6 Å². The number of carbonyl (C=O) groups excluding carboxylic acids is 1. The molecule has 3 rings (SSSR count). The van der Waals surface area contributed by atoms with Crippen LogP contribution in [0.15, 0.2) is 65.6 Å². The van der Waals surface area contributed by atoms with Crippen molar-refractivity contribution in [2.45, 2.75) is 17.2 Å². The summed E-state index contributed by atoms with van der Waals surface area (Å²) in [7, 11) is -4.92. The number of urea groups is 1. The normalized spacial score (nSPS) is 11.9. The van der Waals surface area contributed by atoms with Gasteiger partial charge in [-0.15, -0.1) is 0 Å². The molecule has 0 aliphatic carbocycles. The van der Waals surface area contributed by atoms with Crippen LogP contribution in [0.25, 0.3) is 0 Å². The van der Waals surface area contributed by atoms with Gasteiger partial charge < -0.3 is 15.4 Å². The van der Waals surface area contributed by atoms with E-state index in [0.717, 1.165) is 18.2 Å². The van der Waals surface area contributed by atoms with Gasteiger partial charge in [-0.2, -0.15) is 34.8 Å². The number of nitrogens with one attached hydrogen (secondary N) is 2. The van der Waals surface area contributed by atoms with Crippen molar-refractivity contribution in [3.05, 3.63) is 76.8 Å². The Kier molecular flexibility index (Phi) is 9.55. The monoisotopic (exact) mass is 577 g/mol. The molecule has 0 spiro atoms. The summed E-state index contributed by atoms with van der Waals surface area (Å²) < 4.78 is 117. The first-order chi connectivity index (χ1) is 16.5. The number of halogens is 7. The Morgan fingerprint density at radius 2 is 1.35 bits per heavy atom. The first-order valence-corrected chi connectivity index (χ1v) is 11.3. The zero-order valence-corrected chi connectivity index (χ0v) is 22.0. The van der Waals surface area contributed by atoms with Crippen LogP contribution in [0.4, 0.5) is 42.5 Å². The van der Waals surface area contributed by atoms with Gasteiger partial charge in [0.15, 0.2) is 0 Å². The van der Waals surface area contributed by atoms with Crippen LogP contribution >= 0.6 is 11.6 Å². The van der Waals surface area contributed by atoms with Gasteiger partial charge in [0.25, 0.3) is 10.1 Å². The van der Waals surface area contributed by atoms with Crippen LogP contribution in [0.3, 0.4) is 0 Å². The molecule has 0 radical (unpaired) electrons. The summed E-state index contributed by atoms with van der Waals surface area (Å²) in [4.78, 5) is 11.4. The molecule has 0 unspecified atom stereocenters. The van der Waals surface area contributed by atoms with E-state index in [1.54, 1.807) is 6.07 Å². The molecule has 0 aliphatic heterocycles. The molecule has 0 aromatic heterocycles. The van der Waals surface area contributed by atoms with Gasteiger partial charge in [-0.05, 0) is 48.5 Å². The van der Waals surface area contributed by atoms with Gasteiger partial charge in [0.05, 0.1) is 16.1 Å². The second-order valence-electron chi connectivity index (χ2n) is 7.04. The minimum absolute atomic E-state index is 0. The van der Waals surface area contributed by atoms with Gasteiger partial charge in [-0.1, -0.05) is 23.7 Å². The molecule has 0 bridgehead atoms. The van der Waals surface area contributed by atoms with E-state index in [1.165, 1.54) is 18.2 Å².